The zero-order valence-electron chi connectivity index (χ0n) is 11.6. The summed E-state index contributed by atoms with van der Waals surface area (Å²) in [6, 6.07) is 4.18. The molecule has 0 fully saturated rings. The highest BCUT2D eigenvalue weighted by Crippen LogP contribution is 2.32. The lowest BCUT2D eigenvalue weighted by molar-refractivity contribution is -0.136. The quantitative estimate of drug-likeness (QED) is 0.841. The van der Waals surface area contributed by atoms with Crippen LogP contribution in [0.3, 0.4) is 0 Å². The van der Waals surface area contributed by atoms with Crippen molar-refractivity contribution in [1.29, 1.82) is 0 Å². The molecule has 0 aromatic heterocycles. The van der Waals surface area contributed by atoms with Crippen molar-refractivity contribution in [1.82, 2.24) is 0 Å². The largest absolute Gasteiger partial charge is 0.496 e. The van der Waals surface area contributed by atoms with Gasteiger partial charge in [-0.25, -0.2) is 0 Å². The fraction of sp³-hybridized carbons (Fsp3) is 0.533. The Balaban J connectivity index is 3.24. The van der Waals surface area contributed by atoms with Crippen molar-refractivity contribution in [2.24, 2.45) is 0 Å². The molecule has 1 rings (SSSR count). The lowest BCUT2D eigenvalue weighted by Gasteiger charge is -2.19. The number of ether oxygens (including phenoxy) is 1. The molecule has 100 valence electrons. The van der Waals surface area contributed by atoms with Crippen LogP contribution < -0.4 is 4.74 Å². The summed E-state index contributed by atoms with van der Waals surface area (Å²) < 4.78 is 5.50. The highest BCUT2D eigenvalue weighted by atomic mass is 16.5. The molecule has 0 aliphatic carbocycles. The Morgan fingerprint density at radius 2 is 2.06 bits per heavy atom. The van der Waals surface area contributed by atoms with Gasteiger partial charge in [-0.05, 0) is 35.4 Å². The molecule has 0 atom stereocenters. The van der Waals surface area contributed by atoms with E-state index < -0.39 is 5.97 Å². The maximum atomic E-state index is 10.8. The first-order chi connectivity index (χ1) is 8.51. The summed E-state index contributed by atoms with van der Waals surface area (Å²) in [5.41, 5.74) is 3.38. The van der Waals surface area contributed by atoms with Crippen molar-refractivity contribution >= 4 is 5.97 Å². The van der Waals surface area contributed by atoms with E-state index in [2.05, 4.69) is 32.9 Å². The van der Waals surface area contributed by atoms with Crippen LogP contribution >= 0.6 is 0 Å². The second-order valence-electron chi connectivity index (χ2n) is 4.73. The zero-order valence-corrected chi connectivity index (χ0v) is 11.6. The van der Waals surface area contributed by atoms with E-state index in [0.29, 0.717) is 12.3 Å². The van der Waals surface area contributed by atoms with Gasteiger partial charge in [0.15, 0.2) is 0 Å². The second kappa shape index (κ2) is 6.43. The van der Waals surface area contributed by atoms with Gasteiger partial charge in [0.05, 0.1) is 7.11 Å². The van der Waals surface area contributed by atoms with Gasteiger partial charge in [-0.1, -0.05) is 32.9 Å². The third-order valence-electron chi connectivity index (χ3n) is 3.17. The molecule has 3 heteroatoms. The van der Waals surface area contributed by atoms with Gasteiger partial charge in [0.2, 0.25) is 0 Å². The van der Waals surface area contributed by atoms with E-state index in [1.165, 1.54) is 5.56 Å². The van der Waals surface area contributed by atoms with Gasteiger partial charge in [0, 0.05) is 6.42 Å². The van der Waals surface area contributed by atoms with Crippen molar-refractivity contribution in [3.8, 4) is 5.75 Å². The van der Waals surface area contributed by atoms with Gasteiger partial charge >= 0.3 is 5.97 Å². The molecule has 0 radical (unpaired) electrons. The third kappa shape index (κ3) is 3.25. The highest BCUT2D eigenvalue weighted by Gasteiger charge is 2.16. The van der Waals surface area contributed by atoms with Crippen molar-refractivity contribution in [3.05, 3.63) is 28.8 Å². The van der Waals surface area contributed by atoms with Gasteiger partial charge in [-0.3, -0.25) is 4.79 Å². The van der Waals surface area contributed by atoms with E-state index in [4.69, 9.17) is 9.84 Å². The van der Waals surface area contributed by atoms with Crippen molar-refractivity contribution < 1.29 is 14.6 Å². The lowest BCUT2D eigenvalue weighted by Crippen LogP contribution is -2.06. The molecule has 1 aromatic carbocycles. The lowest BCUT2D eigenvalue weighted by atomic mass is 9.91. The Morgan fingerprint density at radius 1 is 1.39 bits per heavy atom. The Bertz CT molecular complexity index is 422. The fourth-order valence-electron chi connectivity index (χ4n) is 2.25. The topological polar surface area (TPSA) is 46.5 Å². The molecule has 0 aliphatic rings. The van der Waals surface area contributed by atoms with Crippen LogP contribution in [0.2, 0.25) is 0 Å². The summed E-state index contributed by atoms with van der Waals surface area (Å²) in [6.45, 7) is 6.31. The molecule has 1 N–H and O–H groups in total. The fourth-order valence-corrected chi connectivity index (χ4v) is 2.25. The number of aryl methyl sites for hydroxylation is 1. The van der Waals surface area contributed by atoms with Gasteiger partial charge in [-0.15, -0.1) is 0 Å². The van der Waals surface area contributed by atoms with E-state index in [0.717, 1.165) is 23.3 Å². The molecule has 0 heterocycles. The van der Waals surface area contributed by atoms with Crippen LogP contribution in [0.15, 0.2) is 12.1 Å². The zero-order chi connectivity index (χ0) is 13.7. The number of methoxy groups -OCH3 is 1. The summed E-state index contributed by atoms with van der Waals surface area (Å²) in [6.07, 6.45) is 1.56. The maximum Gasteiger partial charge on any atom is 0.303 e. The number of benzene rings is 1. The maximum absolute atomic E-state index is 10.8. The molecule has 0 aliphatic heterocycles. The molecule has 0 bridgehead atoms. The standard InChI is InChI=1S/C15H22O3/c1-5-11-6-7-12(10(2)3)13(15(11)18-4)8-9-14(16)17/h6-7,10H,5,8-9H2,1-4H3,(H,16,17). The van der Waals surface area contributed by atoms with Crippen LogP contribution in [-0.2, 0) is 17.6 Å². The molecule has 1 aromatic rings. The Morgan fingerprint density at radius 3 is 2.50 bits per heavy atom. The molecule has 0 saturated heterocycles. The van der Waals surface area contributed by atoms with Gasteiger partial charge in [0.1, 0.15) is 5.75 Å². The second-order valence-corrected chi connectivity index (χ2v) is 4.73. The molecule has 0 spiro atoms. The Hall–Kier alpha value is -1.51. The number of carboxylic acids is 1. The van der Waals surface area contributed by atoms with E-state index in [9.17, 15) is 4.79 Å². The van der Waals surface area contributed by atoms with Gasteiger partial charge < -0.3 is 9.84 Å². The number of carboxylic acid groups (broad SMARTS) is 1. The summed E-state index contributed by atoms with van der Waals surface area (Å²) in [7, 11) is 1.66. The van der Waals surface area contributed by atoms with E-state index in [1.807, 2.05) is 0 Å². The summed E-state index contributed by atoms with van der Waals surface area (Å²) in [5, 5.41) is 8.85. The van der Waals surface area contributed by atoms with Crippen LogP contribution in [0.25, 0.3) is 0 Å². The smallest absolute Gasteiger partial charge is 0.303 e. The number of rotatable bonds is 6. The number of carbonyl (C=O) groups is 1. The van der Waals surface area contributed by atoms with Crippen molar-refractivity contribution in [3.63, 3.8) is 0 Å². The van der Waals surface area contributed by atoms with Gasteiger partial charge in [-0.2, -0.15) is 0 Å². The van der Waals surface area contributed by atoms with Crippen LogP contribution in [0.5, 0.6) is 5.75 Å². The third-order valence-corrected chi connectivity index (χ3v) is 3.17. The highest BCUT2D eigenvalue weighted by molar-refractivity contribution is 5.67. The predicted octanol–water partition coefficient (Wildman–Crippen LogP) is 3.40. The van der Waals surface area contributed by atoms with Crippen molar-refractivity contribution in [2.45, 2.75) is 46.0 Å². The van der Waals surface area contributed by atoms with Gasteiger partial charge in [0.25, 0.3) is 0 Å². The normalized spacial score (nSPS) is 10.7. The SMILES string of the molecule is CCc1ccc(C(C)C)c(CCC(=O)O)c1OC. The van der Waals surface area contributed by atoms with E-state index >= 15 is 0 Å². The molecule has 0 saturated carbocycles. The van der Waals surface area contributed by atoms with Crippen LogP contribution in [0.1, 0.15) is 49.8 Å². The molecular weight excluding hydrogens is 228 g/mol. The van der Waals surface area contributed by atoms with Crippen molar-refractivity contribution in [2.75, 3.05) is 7.11 Å². The Kier molecular flexibility index (Phi) is 5.20. The minimum absolute atomic E-state index is 0.142. The number of hydrogen-bond acceptors (Lipinski definition) is 2. The molecule has 3 nitrogen and oxygen atoms in total. The first kappa shape index (κ1) is 14.6. The Labute approximate surface area is 109 Å². The summed E-state index contributed by atoms with van der Waals surface area (Å²) in [5.74, 6) is 0.465. The van der Waals surface area contributed by atoms with Crippen LogP contribution in [0.4, 0.5) is 0 Å². The minimum atomic E-state index is -0.770. The summed E-state index contributed by atoms with van der Waals surface area (Å²) in [4.78, 5) is 10.8. The first-order valence-corrected chi connectivity index (χ1v) is 6.41. The molecule has 0 unspecified atom stereocenters. The monoisotopic (exact) mass is 250 g/mol. The molecule has 0 amide bonds. The first-order valence-electron chi connectivity index (χ1n) is 6.41. The van der Waals surface area contributed by atoms with E-state index in [-0.39, 0.29) is 6.42 Å². The average Bonchev–Trinajstić information content (AvgIpc) is 2.34. The van der Waals surface area contributed by atoms with E-state index in [1.54, 1.807) is 7.11 Å². The van der Waals surface area contributed by atoms with Crippen LogP contribution in [-0.4, -0.2) is 18.2 Å². The molecular formula is C15H22O3. The summed E-state index contributed by atoms with van der Waals surface area (Å²) >= 11 is 0. The predicted molar refractivity (Wildman–Crippen MR) is 72.4 cm³/mol. The number of aliphatic carboxylic acids is 1. The van der Waals surface area contributed by atoms with Crippen LogP contribution in [0, 0.1) is 0 Å². The number of hydrogen-bond donors (Lipinski definition) is 1. The molecule has 18 heavy (non-hydrogen) atoms. The minimum Gasteiger partial charge on any atom is -0.496 e. The average molecular weight is 250 g/mol.